The number of imidazole rings is 1. The van der Waals surface area contributed by atoms with Crippen LogP contribution in [0.5, 0.6) is 0 Å². The third-order valence-electron chi connectivity index (χ3n) is 5.43. The lowest BCUT2D eigenvalue weighted by atomic mass is 10.2. The van der Waals surface area contributed by atoms with Gasteiger partial charge in [-0.2, -0.15) is 17.5 Å². The Labute approximate surface area is 198 Å². The minimum absolute atomic E-state index is 0.0283. The Hall–Kier alpha value is -2.91. The maximum Gasteiger partial charge on any atom is 0.433 e. The number of amides is 1. The maximum atomic E-state index is 13.1. The van der Waals surface area contributed by atoms with E-state index in [1.165, 1.54) is 18.5 Å². The summed E-state index contributed by atoms with van der Waals surface area (Å²) < 4.78 is 88.0. The molecule has 0 aliphatic carbocycles. The van der Waals surface area contributed by atoms with Crippen LogP contribution in [0.1, 0.15) is 23.0 Å². The standard InChI is InChI=1S/C20H20F3N5O5S2/c1-3-35(31,32)15-8-12(19(29)27-34(30)6-4-33-5-7-34)10-25-17(15)18-26-13-9-16(20(21,22)23)24-11-14(13)28(18)2/h8-11H,3-7H2,1-2H3. The number of aromatic nitrogens is 4. The number of hydrogen-bond acceptors (Lipinski definition) is 8. The summed E-state index contributed by atoms with van der Waals surface area (Å²) >= 11 is 0. The summed E-state index contributed by atoms with van der Waals surface area (Å²) in [6.45, 7) is 1.78. The molecule has 35 heavy (non-hydrogen) atoms. The molecule has 0 aromatic carbocycles. The van der Waals surface area contributed by atoms with Gasteiger partial charge < -0.3 is 9.30 Å². The molecule has 10 nitrogen and oxygen atoms in total. The summed E-state index contributed by atoms with van der Waals surface area (Å²) in [6, 6.07) is 1.84. The molecule has 188 valence electrons. The lowest BCUT2D eigenvalue weighted by molar-refractivity contribution is -0.141. The Morgan fingerprint density at radius 1 is 1.20 bits per heavy atom. The molecule has 0 unspecified atom stereocenters. The van der Waals surface area contributed by atoms with E-state index in [0.717, 1.165) is 24.5 Å². The van der Waals surface area contributed by atoms with E-state index in [0.29, 0.717) is 0 Å². The Balaban J connectivity index is 1.86. The van der Waals surface area contributed by atoms with Gasteiger partial charge in [-0.15, -0.1) is 0 Å². The molecule has 1 saturated heterocycles. The number of sulfone groups is 1. The summed E-state index contributed by atoms with van der Waals surface area (Å²) in [5, 5.41) is 0. The maximum absolute atomic E-state index is 13.1. The topological polar surface area (TPSA) is 133 Å². The second-order valence-corrected chi connectivity index (χ2v) is 12.5. The van der Waals surface area contributed by atoms with Gasteiger partial charge in [-0.3, -0.25) is 9.78 Å². The first kappa shape index (κ1) is 25.2. The number of carbonyl (C=O) groups is 1. The molecule has 0 N–H and O–H groups in total. The lowest BCUT2D eigenvalue weighted by Gasteiger charge is -2.15. The van der Waals surface area contributed by atoms with E-state index in [1.807, 2.05) is 0 Å². The van der Waals surface area contributed by atoms with E-state index in [4.69, 9.17) is 4.74 Å². The third-order valence-corrected chi connectivity index (χ3v) is 9.28. The van der Waals surface area contributed by atoms with E-state index in [-0.39, 0.29) is 63.5 Å². The van der Waals surface area contributed by atoms with Gasteiger partial charge in [0.15, 0.2) is 15.7 Å². The van der Waals surface area contributed by atoms with Crippen LogP contribution in [0.3, 0.4) is 0 Å². The van der Waals surface area contributed by atoms with E-state index in [1.54, 1.807) is 0 Å². The van der Waals surface area contributed by atoms with Crippen molar-refractivity contribution in [2.24, 2.45) is 11.4 Å². The van der Waals surface area contributed by atoms with Crippen LogP contribution in [0.15, 0.2) is 33.8 Å². The fourth-order valence-corrected chi connectivity index (χ4v) is 6.06. The van der Waals surface area contributed by atoms with E-state index >= 15 is 0 Å². The molecular weight excluding hydrogens is 511 g/mol. The van der Waals surface area contributed by atoms with Crippen molar-refractivity contribution in [3.8, 4) is 11.5 Å². The lowest BCUT2D eigenvalue weighted by Crippen LogP contribution is -2.26. The van der Waals surface area contributed by atoms with Gasteiger partial charge in [-0.1, -0.05) is 6.92 Å². The Kier molecular flexibility index (Phi) is 6.44. The average Bonchev–Trinajstić information content (AvgIpc) is 3.14. The summed E-state index contributed by atoms with van der Waals surface area (Å²) in [4.78, 5) is 24.1. The van der Waals surface area contributed by atoms with Gasteiger partial charge in [-0.05, 0) is 12.1 Å². The molecule has 3 aromatic heterocycles. The zero-order valence-electron chi connectivity index (χ0n) is 18.6. The quantitative estimate of drug-likeness (QED) is 0.501. The molecule has 0 saturated carbocycles. The first-order valence-corrected chi connectivity index (χ1v) is 13.8. The number of nitrogens with zero attached hydrogens (tertiary/aromatic N) is 5. The summed E-state index contributed by atoms with van der Waals surface area (Å²) in [7, 11) is -5.32. The normalized spacial score (nSPS) is 16.4. The van der Waals surface area contributed by atoms with Crippen molar-refractivity contribution >= 4 is 36.5 Å². The number of fused-ring (bicyclic) bond motifs is 1. The van der Waals surface area contributed by atoms with Crippen molar-refractivity contribution in [2.45, 2.75) is 18.0 Å². The smallest absolute Gasteiger partial charge is 0.379 e. The Bertz CT molecular complexity index is 1550. The van der Waals surface area contributed by atoms with Crippen LogP contribution in [-0.4, -0.2) is 68.5 Å². The monoisotopic (exact) mass is 531 g/mol. The molecule has 0 spiro atoms. The molecule has 0 bridgehead atoms. The van der Waals surface area contributed by atoms with Crippen molar-refractivity contribution in [1.29, 1.82) is 0 Å². The van der Waals surface area contributed by atoms with Crippen molar-refractivity contribution in [1.82, 2.24) is 19.5 Å². The number of rotatable bonds is 4. The van der Waals surface area contributed by atoms with Crippen LogP contribution >= 0.6 is 0 Å². The van der Waals surface area contributed by atoms with E-state index < -0.39 is 37.3 Å². The van der Waals surface area contributed by atoms with Gasteiger partial charge in [-0.25, -0.2) is 22.6 Å². The highest BCUT2D eigenvalue weighted by atomic mass is 32.2. The third kappa shape index (κ3) is 4.92. The minimum Gasteiger partial charge on any atom is -0.379 e. The predicted molar refractivity (Wildman–Crippen MR) is 120 cm³/mol. The average molecular weight is 532 g/mol. The number of carbonyl (C=O) groups excluding carboxylic acids is 1. The van der Waals surface area contributed by atoms with Gasteiger partial charge in [0, 0.05) is 13.2 Å². The number of aryl methyl sites for hydroxylation is 1. The highest BCUT2D eigenvalue weighted by Gasteiger charge is 2.33. The molecule has 1 fully saturated rings. The van der Waals surface area contributed by atoms with E-state index in [2.05, 4.69) is 19.3 Å². The molecule has 1 amide bonds. The second-order valence-electron chi connectivity index (χ2n) is 7.71. The minimum atomic E-state index is -4.68. The Morgan fingerprint density at radius 2 is 1.89 bits per heavy atom. The molecule has 1 aliphatic rings. The molecule has 0 radical (unpaired) electrons. The number of pyridine rings is 2. The van der Waals surface area contributed by atoms with Gasteiger partial charge in [0.05, 0.1) is 67.9 Å². The predicted octanol–water partition coefficient (Wildman–Crippen LogP) is 2.48. The molecular formula is C20H20F3N5O5S2. The van der Waals surface area contributed by atoms with Crippen molar-refractivity contribution < 1.29 is 35.3 Å². The first-order chi connectivity index (χ1) is 16.3. The van der Waals surface area contributed by atoms with Gasteiger partial charge in [0.25, 0.3) is 5.91 Å². The molecule has 4 heterocycles. The highest BCUT2D eigenvalue weighted by Crippen LogP contribution is 2.32. The molecule has 15 heteroatoms. The highest BCUT2D eigenvalue weighted by molar-refractivity contribution is 7.94. The van der Waals surface area contributed by atoms with Crippen molar-refractivity contribution in [3.63, 3.8) is 0 Å². The van der Waals surface area contributed by atoms with Crippen LogP contribution in [0.2, 0.25) is 0 Å². The molecule has 3 aromatic rings. The van der Waals surface area contributed by atoms with Gasteiger partial charge >= 0.3 is 6.18 Å². The van der Waals surface area contributed by atoms with Gasteiger partial charge in [0.2, 0.25) is 0 Å². The second kappa shape index (κ2) is 8.95. The number of hydrogen-bond donors (Lipinski definition) is 0. The Morgan fingerprint density at radius 3 is 2.51 bits per heavy atom. The molecule has 0 atom stereocenters. The summed E-state index contributed by atoms with van der Waals surface area (Å²) in [6.07, 6.45) is -2.61. The number of alkyl halides is 3. The zero-order valence-corrected chi connectivity index (χ0v) is 20.2. The van der Waals surface area contributed by atoms with Crippen LogP contribution in [0.4, 0.5) is 13.2 Å². The van der Waals surface area contributed by atoms with Gasteiger partial charge in [0.1, 0.15) is 11.4 Å². The van der Waals surface area contributed by atoms with Crippen LogP contribution in [0, 0.1) is 0 Å². The molecule has 1 aliphatic heterocycles. The van der Waals surface area contributed by atoms with E-state index in [9.17, 15) is 30.6 Å². The number of halogens is 3. The zero-order chi connectivity index (χ0) is 25.6. The fraction of sp³-hybridized carbons (Fsp3) is 0.400. The number of ether oxygens (including phenoxy) is 1. The summed E-state index contributed by atoms with van der Waals surface area (Å²) in [5.74, 6) is -1.09. The molecule has 4 rings (SSSR count). The first-order valence-electron chi connectivity index (χ1n) is 10.3. The van der Waals surface area contributed by atoms with Crippen LogP contribution < -0.4 is 0 Å². The van der Waals surface area contributed by atoms with Crippen molar-refractivity contribution in [3.05, 3.63) is 35.8 Å². The SMILES string of the molecule is CCS(=O)(=O)c1cc(C(=O)N=S2(=O)CCOCC2)cnc1-c1nc2cc(C(F)(F)F)ncc2n1C. The van der Waals surface area contributed by atoms with Crippen molar-refractivity contribution in [2.75, 3.05) is 30.5 Å². The largest absolute Gasteiger partial charge is 0.433 e. The van der Waals surface area contributed by atoms with Crippen LogP contribution in [0.25, 0.3) is 22.6 Å². The summed E-state index contributed by atoms with van der Waals surface area (Å²) in [5.41, 5.74) is -1.31. The van der Waals surface area contributed by atoms with Crippen LogP contribution in [-0.2, 0) is 37.5 Å². The fourth-order valence-electron chi connectivity index (χ4n) is 3.46.